The summed E-state index contributed by atoms with van der Waals surface area (Å²) in [7, 11) is 2.18. The van der Waals surface area contributed by atoms with Gasteiger partial charge in [-0.1, -0.05) is 25.5 Å². The lowest BCUT2D eigenvalue weighted by Crippen LogP contribution is -2.37. The fourth-order valence-electron chi connectivity index (χ4n) is 2.85. The van der Waals surface area contributed by atoms with Crippen molar-refractivity contribution in [2.75, 3.05) is 20.2 Å². The van der Waals surface area contributed by atoms with Gasteiger partial charge in [-0.15, -0.1) is 0 Å². The van der Waals surface area contributed by atoms with Gasteiger partial charge >= 0.3 is 0 Å². The second-order valence-electron chi connectivity index (χ2n) is 5.50. The first-order chi connectivity index (χ1) is 9.22. The third-order valence-electron chi connectivity index (χ3n) is 3.87. The summed E-state index contributed by atoms with van der Waals surface area (Å²) in [5.41, 5.74) is 7.65. The van der Waals surface area contributed by atoms with Crippen LogP contribution < -0.4 is 10.5 Å². The zero-order valence-corrected chi connectivity index (χ0v) is 12.1. The summed E-state index contributed by atoms with van der Waals surface area (Å²) in [6.07, 6.45) is 4.64. The predicted molar refractivity (Wildman–Crippen MR) is 79.4 cm³/mol. The zero-order chi connectivity index (χ0) is 13.7. The standard InChI is InChI=1S/C16H26N2O/c1-3-12-19-14-9-7-13(8-10-14)16-15(17)6-4-5-11-18(16)2/h7-10,15-16H,3-6,11-12,17H2,1-2H3. The maximum atomic E-state index is 6.35. The van der Waals surface area contributed by atoms with E-state index in [1.807, 2.05) is 0 Å². The van der Waals surface area contributed by atoms with E-state index >= 15 is 0 Å². The first-order valence-corrected chi connectivity index (χ1v) is 7.41. The van der Waals surface area contributed by atoms with Gasteiger partial charge in [0.25, 0.3) is 0 Å². The van der Waals surface area contributed by atoms with Crippen LogP contribution in [0.25, 0.3) is 0 Å². The molecule has 0 saturated carbocycles. The van der Waals surface area contributed by atoms with Crippen molar-refractivity contribution in [2.24, 2.45) is 5.73 Å². The molecule has 1 heterocycles. The summed E-state index contributed by atoms with van der Waals surface area (Å²) < 4.78 is 5.63. The van der Waals surface area contributed by atoms with E-state index in [1.165, 1.54) is 18.4 Å². The second kappa shape index (κ2) is 6.92. The summed E-state index contributed by atoms with van der Waals surface area (Å²) in [6.45, 7) is 4.03. The van der Waals surface area contributed by atoms with E-state index in [9.17, 15) is 0 Å². The van der Waals surface area contributed by atoms with Crippen LogP contribution in [0.3, 0.4) is 0 Å². The Labute approximate surface area is 116 Å². The van der Waals surface area contributed by atoms with Crippen molar-refractivity contribution in [3.8, 4) is 5.75 Å². The Morgan fingerprint density at radius 3 is 2.68 bits per heavy atom. The molecule has 2 unspecified atom stereocenters. The Hall–Kier alpha value is -1.06. The smallest absolute Gasteiger partial charge is 0.119 e. The maximum absolute atomic E-state index is 6.35. The molecule has 0 amide bonds. The van der Waals surface area contributed by atoms with E-state index in [-0.39, 0.29) is 6.04 Å². The fourth-order valence-corrected chi connectivity index (χ4v) is 2.85. The quantitative estimate of drug-likeness (QED) is 0.906. The molecule has 1 saturated heterocycles. The van der Waals surface area contributed by atoms with Crippen LogP contribution >= 0.6 is 0 Å². The van der Waals surface area contributed by atoms with Crippen LogP contribution in [-0.4, -0.2) is 31.1 Å². The first-order valence-electron chi connectivity index (χ1n) is 7.41. The number of hydrogen-bond acceptors (Lipinski definition) is 3. The molecule has 1 fully saturated rings. The molecular weight excluding hydrogens is 236 g/mol. The number of likely N-dealkylation sites (N-methyl/N-ethyl adjacent to an activating group) is 1. The number of benzene rings is 1. The van der Waals surface area contributed by atoms with Crippen LogP contribution in [-0.2, 0) is 0 Å². The van der Waals surface area contributed by atoms with Crippen molar-refractivity contribution >= 4 is 0 Å². The van der Waals surface area contributed by atoms with Crippen LogP contribution in [0.5, 0.6) is 5.75 Å². The minimum absolute atomic E-state index is 0.231. The Bertz CT molecular complexity index is 365. The fraction of sp³-hybridized carbons (Fsp3) is 0.625. The van der Waals surface area contributed by atoms with Crippen LogP contribution in [0.4, 0.5) is 0 Å². The van der Waals surface area contributed by atoms with Crippen molar-refractivity contribution in [3.05, 3.63) is 29.8 Å². The molecule has 3 heteroatoms. The molecule has 1 aromatic rings. The molecule has 3 nitrogen and oxygen atoms in total. The normalized spacial score (nSPS) is 25.0. The molecule has 2 N–H and O–H groups in total. The Morgan fingerprint density at radius 1 is 1.26 bits per heavy atom. The largest absolute Gasteiger partial charge is 0.494 e. The van der Waals surface area contributed by atoms with Gasteiger partial charge in [0.05, 0.1) is 6.61 Å². The highest BCUT2D eigenvalue weighted by Gasteiger charge is 2.26. The molecule has 0 bridgehead atoms. The lowest BCUT2D eigenvalue weighted by Gasteiger charge is -2.30. The average Bonchev–Trinajstić information content (AvgIpc) is 2.58. The van der Waals surface area contributed by atoms with Crippen molar-refractivity contribution in [3.63, 3.8) is 0 Å². The molecule has 2 rings (SSSR count). The molecule has 0 spiro atoms. The lowest BCUT2D eigenvalue weighted by atomic mass is 9.96. The van der Waals surface area contributed by atoms with Crippen molar-refractivity contribution in [1.82, 2.24) is 4.90 Å². The molecule has 1 aliphatic heterocycles. The molecule has 0 radical (unpaired) electrons. The number of hydrogen-bond donors (Lipinski definition) is 1. The van der Waals surface area contributed by atoms with Gasteiger partial charge in [-0.05, 0) is 50.6 Å². The lowest BCUT2D eigenvalue weighted by molar-refractivity contribution is 0.230. The highest BCUT2D eigenvalue weighted by Crippen LogP contribution is 2.29. The molecule has 0 aromatic heterocycles. The van der Waals surface area contributed by atoms with Crippen molar-refractivity contribution < 1.29 is 4.74 Å². The number of ether oxygens (including phenoxy) is 1. The average molecular weight is 262 g/mol. The highest BCUT2D eigenvalue weighted by molar-refractivity contribution is 5.30. The van der Waals surface area contributed by atoms with Crippen molar-refractivity contribution in [2.45, 2.75) is 44.7 Å². The molecule has 0 aliphatic carbocycles. The van der Waals surface area contributed by atoms with E-state index in [1.54, 1.807) is 0 Å². The van der Waals surface area contributed by atoms with Gasteiger partial charge in [0.2, 0.25) is 0 Å². The topological polar surface area (TPSA) is 38.5 Å². The molecule has 106 valence electrons. The third-order valence-corrected chi connectivity index (χ3v) is 3.87. The van der Waals surface area contributed by atoms with Gasteiger partial charge in [-0.3, -0.25) is 4.90 Å². The number of nitrogens with two attached hydrogens (primary N) is 1. The molecule has 19 heavy (non-hydrogen) atoms. The minimum Gasteiger partial charge on any atom is -0.494 e. The van der Waals surface area contributed by atoms with Crippen LogP contribution in [0, 0.1) is 0 Å². The molecule has 1 aliphatic rings. The summed E-state index contributed by atoms with van der Waals surface area (Å²) in [5.74, 6) is 0.954. The Morgan fingerprint density at radius 2 is 2.00 bits per heavy atom. The molecular formula is C16H26N2O. The summed E-state index contributed by atoms with van der Waals surface area (Å²) >= 11 is 0. The van der Waals surface area contributed by atoms with E-state index in [2.05, 4.69) is 43.1 Å². The van der Waals surface area contributed by atoms with E-state index in [4.69, 9.17) is 10.5 Å². The Balaban J connectivity index is 2.10. The number of rotatable bonds is 4. The van der Waals surface area contributed by atoms with Gasteiger partial charge in [0.15, 0.2) is 0 Å². The van der Waals surface area contributed by atoms with Gasteiger partial charge in [0, 0.05) is 12.1 Å². The minimum atomic E-state index is 0.231. The number of nitrogens with zero attached hydrogens (tertiary/aromatic N) is 1. The third kappa shape index (κ3) is 3.71. The van der Waals surface area contributed by atoms with E-state index in [0.717, 1.165) is 31.7 Å². The second-order valence-corrected chi connectivity index (χ2v) is 5.50. The van der Waals surface area contributed by atoms with Gasteiger partial charge in [-0.2, -0.15) is 0 Å². The summed E-state index contributed by atoms with van der Waals surface area (Å²) in [5, 5.41) is 0. The van der Waals surface area contributed by atoms with Gasteiger partial charge < -0.3 is 10.5 Å². The highest BCUT2D eigenvalue weighted by atomic mass is 16.5. The van der Waals surface area contributed by atoms with Crippen molar-refractivity contribution in [1.29, 1.82) is 0 Å². The Kier molecular flexibility index (Phi) is 5.23. The molecule has 1 aromatic carbocycles. The van der Waals surface area contributed by atoms with Crippen LogP contribution in [0.15, 0.2) is 24.3 Å². The SMILES string of the molecule is CCCOc1ccc(C2C(N)CCCCN2C)cc1. The van der Waals surface area contributed by atoms with E-state index in [0.29, 0.717) is 6.04 Å². The number of likely N-dealkylation sites (tertiary alicyclic amines) is 1. The van der Waals surface area contributed by atoms with Gasteiger partial charge in [0.1, 0.15) is 5.75 Å². The van der Waals surface area contributed by atoms with Gasteiger partial charge in [-0.25, -0.2) is 0 Å². The zero-order valence-electron chi connectivity index (χ0n) is 12.1. The molecule has 2 atom stereocenters. The van der Waals surface area contributed by atoms with Crippen LogP contribution in [0.1, 0.15) is 44.2 Å². The maximum Gasteiger partial charge on any atom is 0.119 e. The first kappa shape index (κ1) is 14.4. The van der Waals surface area contributed by atoms with E-state index < -0.39 is 0 Å². The monoisotopic (exact) mass is 262 g/mol. The van der Waals surface area contributed by atoms with Crippen LogP contribution in [0.2, 0.25) is 0 Å². The summed E-state index contributed by atoms with van der Waals surface area (Å²) in [6, 6.07) is 9.03. The predicted octanol–water partition coefficient (Wildman–Crippen LogP) is 2.96. The summed E-state index contributed by atoms with van der Waals surface area (Å²) in [4.78, 5) is 2.39.